The molecule has 0 atom stereocenters. The Bertz CT molecular complexity index is 465. The zero-order chi connectivity index (χ0) is 12.2. The predicted octanol–water partition coefficient (Wildman–Crippen LogP) is 1.73. The monoisotopic (exact) mass is 326 g/mol. The van der Waals surface area contributed by atoms with Crippen LogP contribution in [0.3, 0.4) is 0 Å². The minimum Gasteiger partial charge on any atom is -0.330 e. The maximum atomic E-state index is 11.8. The number of rotatable bonds is 5. The molecule has 4 nitrogen and oxygen atoms in total. The molecule has 90 valence electrons. The van der Waals surface area contributed by atoms with Gasteiger partial charge in [0.25, 0.3) is 0 Å². The fraction of sp³-hybridized carbons (Fsp3) is 0.333. The van der Waals surface area contributed by atoms with Crippen molar-refractivity contribution < 1.29 is 8.42 Å². The molecule has 0 aliphatic rings. The average molecular weight is 328 g/mol. The van der Waals surface area contributed by atoms with E-state index in [0.717, 1.165) is 0 Å². The summed E-state index contributed by atoms with van der Waals surface area (Å²) in [5.41, 5.74) is 5.28. The van der Waals surface area contributed by atoms with Gasteiger partial charge in [0.2, 0.25) is 10.0 Å². The molecule has 0 unspecified atom stereocenters. The Kier molecular flexibility index (Phi) is 5.20. The van der Waals surface area contributed by atoms with E-state index in [2.05, 4.69) is 20.7 Å². The molecule has 0 radical (unpaired) electrons. The number of benzene rings is 1. The molecule has 0 aliphatic heterocycles. The van der Waals surface area contributed by atoms with Crippen molar-refractivity contribution in [3.05, 3.63) is 27.7 Å². The summed E-state index contributed by atoms with van der Waals surface area (Å²) in [6.07, 6.45) is 0.605. The molecule has 16 heavy (non-hydrogen) atoms. The Morgan fingerprint density at radius 2 is 2.12 bits per heavy atom. The second-order valence-corrected chi connectivity index (χ2v) is 6.14. The lowest BCUT2D eigenvalue weighted by Crippen LogP contribution is -2.26. The van der Waals surface area contributed by atoms with Crippen molar-refractivity contribution in [1.82, 2.24) is 4.72 Å². The number of nitrogens with one attached hydrogen (secondary N) is 1. The first-order valence-corrected chi connectivity index (χ1v) is 7.27. The third-order valence-corrected chi connectivity index (χ3v) is 4.55. The number of hydrogen-bond donors (Lipinski definition) is 2. The highest BCUT2D eigenvalue weighted by Crippen LogP contribution is 2.25. The summed E-state index contributed by atoms with van der Waals surface area (Å²) in [5, 5.41) is 0.473. The van der Waals surface area contributed by atoms with E-state index in [9.17, 15) is 8.42 Å². The van der Waals surface area contributed by atoms with Gasteiger partial charge in [-0.25, -0.2) is 13.1 Å². The number of hydrogen-bond acceptors (Lipinski definition) is 3. The highest BCUT2D eigenvalue weighted by atomic mass is 79.9. The molecule has 3 N–H and O–H groups in total. The summed E-state index contributed by atoms with van der Waals surface area (Å²) in [6.45, 7) is 0.784. The van der Waals surface area contributed by atoms with Crippen LogP contribution in [-0.2, 0) is 10.0 Å². The Labute approximate surface area is 108 Å². The highest BCUT2D eigenvalue weighted by molar-refractivity contribution is 9.10. The molecular weight excluding hydrogens is 316 g/mol. The van der Waals surface area contributed by atoms with E-state index >= 15 is 0 Å². The van der Waals surface area contributed by atoms with Gasteiger partial charge in [-0.1, -0.05) is 11.6 Å². The molecule has 7 heteroatoms. The van der Waals surface area contributed by atoms with Crippen LogP contribution < -0.4 is 10.5 Å². The van der Waals surface area contributed by atoms with E-state index in [0.29, 0.717) is 29.0 Å². The quantitative estimate of drug-likeness (QED) is 0.809. The maximum Gasteiger partial charge on any atom is 0.240 e. The summed E-state index contributed by atoms with van der Waals surface area (Å²) in [6, 6.07) is 4.45. The van der Waals surface area contributed by atoms with Crippen molar-refractivity contribution in [1.29, 1.82) is 0 Å². The van der Waals surface area contributed by atoms with Crippen LogP contribution in [0.4, 0.5) is 0 Å². The van der Waals surface area contributed by atoms with Gasteiger partial charge in [-0.2, -0.15) is 0 Å². The van der Waals surface area contributed by atoms with Gasteiger partial charge < -0.3 is 5.73 Å². The largest absolute Gasteiger partial charge is 0.330 e. The molecule has 0 amide bonds. The molecule has 0 fully saturated rings. The topological polar surface area (TPSA) is 72.2 Å². The van der Waals surface area contributed by atoms with Crippen LogP contribution in [-0.4, -0.2) is 21.5 Å². The van der Waals surface area contributed by atoms with Crippen LogP contribution in [0.2, 0.25) is 5.02 Å². The average Bonchev–Trinajstić information content (AvgIpc) is 2.22. The van der Waals surface area contributed by atoms with Crippen molar-refractivity contribution in [2.75, 3.05) is 13.1 Å². The SMILES string of the molecule is NCCCNS(=O)(=O)c1ccc(Cl)c(Br)c1. The molecule has 1 aromatic carbocycles. The van der Waals surface area contributed by atoms with Gasteiger partial charge in [-0.15, -0.1) is 0 Å². The zero-order valence-electron chi connectivity index (χ0n) is 8.41. The Hall–Kier alpha value is -0.140. The number of sulfonamides is 1. The fourth-order valence-electron chi connectivity index (χ4n) is 1.04. The molecule has 0 spiro atoms. The lowest BCUT2D eigenvalue weighted by Gasteiger charge is -2.06. The molecule has 0 heterocycles. The van der Waals surface area contributed by atoms with Crippen LogP contribution >= 0.6 is 27.5 Å². The van der Waals surface area contributed by atoms with Crippen molar-refractivity contribution in [2.24, 2.45) is 5.73 Å². The van der Waals surface area contributed by atoms with E-state index in [1.54, 1.807) is 0 Å². The standard InChI is InChI=1S/C9H12BrClN2O2S/c10-8-6-7(2-3-9(8)11)16(14,15)13-5-1-4-12/h2-3,6,13H,1,4-5,12H2. The van der Waals surface area contributed by atoms with Crippen LogP contribution in [0, 0.1) is 0 Å². The number of nitrogens with two attached hydrogens (primary N) is 1. The molecule has 0 aliphatic carbocycles. The van der Waals surface area contributed by atoms with Crippen LogP contribution in [0.15, 0.2) is 27.6 Å². The molecule has 0 saturated carbocycles. The minimum absolute atomic E-state index is 0.181. The van der Waals surface area contributed by atoms with E-state index in [4.69, 9.17) is 17.3 Å². The van der Waals surface area contributed by atoms with Gasteiger partial charge >= 0.3 is 0 Å². The normalized spacial score (nSPS) is 11.7. The second kappa shape index (κ2) is 5.97. The second-order valence-electron chi connectivity index (χ2n) is 3.12. The van der Waals surface area contributed by atoms with Gasteiger partial charge in [0.1, 0.15) is 0 Å². The van der Waals surface area contributed by atoms with E-state index in [-0.39, 0.29) is 4.90 Å². The van der Waals surface area contributed by atoms with Crippen LogP contribution in [0.1, 0.15) is 6.42 Å². The highest BCUT2D eigenvalue weighted by Gasteiger charge is 2.14. The molecular formula is C9H12BrClN2O2S. The lowest BCUT2D eigenvalue weighted by atomic mass is 10.4. The summed E-state index contributed by atoms with van der Waals surface area (Å²) in [7, 11) is -3.47. The smallest absolute Gasteiger partial charge is 0.240 e. The third-order valence-electron chi connectivity index (χ3n) is 1.87. The Morgan fingerprint density at radius 3 is 2.69 bits per heavy atom. The molecule has 0 bridgehead atoms. The summed E-state index contributed by atoms with van der Waals surface area (Å²) < 4.78 is 26.5. The minimum atomic E-state index is -3.47. The first kappa shape index (κ1) is 13.9. The number of halogens is 2. The molecule has 1 rings (SSSR count). The van der Waals surface area contributed by atoms with Crippen LogP contribution in [0.5, 0.6) is 0 Å². The van der Waals surface area contributed by atoms with Gasteiger partial charge in [-0.05, 0) is 47.1 Å². The Morgan fingerprint density at radius 1 is 1.44 bits per heavy atom. The summed E-state index contributed by atoms with van der Waals surface area (Å²) in [5.74, 6) is 0. The summed E-state index contributed by atoms with van der Waals surface area (Å²) in [4.78, 5) is 0.181. The van der Waals surface area contributed by atoms with E-state index in [1.807, 2.05) is 0 Å². The van der Waals surface area contributed by atoms with Crippen molar-refractivity contribution >= 4 is 37.6 Å². The molecule has 0 aromatic heterocycles. The maximum absolute atomic E-state index is 11.8. The van der Waals surface area contributed by atoms with E-state index in [1.165, 1.54) is 18.2 Å². The first-order chi connectivity index (χ1) is 7.47. The van der Waals surface area contributed by atoms with Gasteiger partial charge in [0, 0.05) is 11.0 Å². The molecule has 1 aromatic rings. The van der Waals surface area contributed by atoms with Gasteiger partial charge in [-0.3, -0.25) is 0 Å². The van der Waals surface area contributed by atoms with Gasteiger partial charge in [0.05, 0.1) is 9.92 Å². The predicted molar refractivity (Wildman–Crippen MR) is 68.0 cm³/mol. The summed E-state index contributed by atoms with van der Waals surface area (Å²) >= 11 is 8.96. The first-order valence-electron chi connectivity index (χ1n) is 4.62. The van der Waals surface area contributed by atoms with Crippen molar-refractivity contribution in [3.63, 3.8) is 0 Å². The van der Waals surface area contributed by atoms with Gasteiger partial charge in [0.15, 0.2) is 0 Å². The third kappa shape index (κ3) is 3.71. The van der Waals surface area contributed by atoms with Crippen LogP contribution in [0.25, 0.3) is 0 Å². The van der Waals surface area contributed by atoms with E-state index < -0.39 is 10.0 Å². The molecule has 0 saturated heterocycles. The lowest BCUT2D eigenvalue weighted by molar-refractivity contribution is 0.579. The Balaban J connectivity index is 2.86. The fourth-order valence-corrected chi connectivity index (χ4v) is 2.78. The van der Waals surface area contributed by atoms with Crippen molar-refractivity contribution in [2.45, 2.75) is 11.3 Å². The van der Waals surface area contributed by atoms with Crippen molar-refractivity contribution in [3.8, 4) is 0 Å². The zero-order valence-corrected chi connectivity index (χ0v) is 11.6.